The van der Waals surface area contributed by atoms with Crippen molar-refractivity contribution >= 4 is 22.7 Å². The van der Waals surface area contributed by atoms with Crippen LogP contribution in [-0.2, 0) is 4.74 Å². The van der Waals surface area contributed by atoms with Gasteiger partial charge in [-0.25, -0.2) is 0 Å². The summed E-state index contributed by atoms with van der Waals surface area (Å²) in [6.45, 7) is -1.15. The Morgan fingerprint density at radius 2 is 1.00 bits per heavy atom. The molecular formula is C21H23O2P. The van der Waals surface area contributed by atoms with Crippen LogP contribution >= 0.6 is 6.83 Å². The Morgan fingerprint density at radius 3 is 1.29 bits per heavy atom. The van der Waals surface area contributed by atoms with Crippen molar-refractivity contribution < 1.29 is 9.63 Å². The molecule has 0 radical (unpaired) electrons. The summed E-state index contributed by atoms with van der Waals surface area (Å²) < 4.78 is 5.87. The fourth-order valence-electron chi connectivity index (χ4n) is 3.19. The van der Waals surface area contributed by atoms with E-state index in [1.165, 1.54) is 0 Å². The van der Waals surface area contributed by atoms with Gasteiger partial charge in [0.1, 0.15) is 0 Å². The van der Waals surface area contributed by atoms with E-state index in [0.29, 0.717) is 6.61 Å². The Hall–Kier alpha value is -1.99. The Kier molecular flexibility index (Phi) is 4.82. The zero-order valence-corrected chi connectivity index (χ0v) is 14.8. The van der Waals surface area contributed by atoms with Crippen LogP contribution in [-0.4, -0.2) is 17.8 Å². The van der Waals surface area contributed by atoms with E-state index in [4.69, 9.17) is 4.74 Å². The molecule has 0 atom stereocenters. The molecule has 2 nitrogen and oxygen atoms in total. The van der Waals surface area contributed by atoms with Crippen LogP contribution in [0.4, 0.5) is 0 Å². The maximum atomic E-state index is 12.5. The van der Waals surface area contributed by atoms with Crippen molar-refractivity contribution in [1.82, 2.24) is 0 Å². The predicted molar refractivity (Wildman–Crippen MR) is 104 cm³/mol. The summed E-state index contributed by atoms with van der Waals surface area (Å²) in [5.41, 5.74) is 0. The molecule has 24 heavy (non-hydrogen) atoms. The van der Waals surface area contributed by atoms with Gasteiger partial charge < -0.3 is 0 Å². The molecule has 0 fully saturated rings. The van der Waals surface area contributed by atoms with E-state index in [0.717, 1.165) is 15.9 Å². The molecule has 124 valence electrons. The molecule has 3 heteroatoms. The monoisotopic (exact) mass is 338 g/mol. The minimum atomic E-state index is -3.67. The van der Waals surface area contributed by atoms with Crippen molar-refractivity contribution in [3.05, 3.63) is 91.0 Å². The number of benzene rings is 3. The Morgan fingerprint density at radius 1 is 0.667 bits per heavy atom. The molecule has 0 saturated carbocycles. The summed E-state index contributed by atoms with van der Waals surface area (Å²) in [6, 6.07) is 29.8. The summed E-state index contributed by atoms with van der Waals surface area (Å²) in [5, 5.41) is 2.78. The molecule has 1 N–H and O–H groups in total. The molecule has 0 amide bonds. The van der Waals surface area contributed by atoms with Crippen LogP contribution in [0.1, 0.15) is 6.92 Å². The van der Waals surface area contributed by atoms with Gasteiger partial charge in [-0.3, -0.25) is 0 Å². The van der Waals surface area contributed by atoms with Crippen molar-refractivity contribution in [1.29, 1.82) is 0 Å². The number of rotatable bonds is 6. The van der Waals surface area contributed by atoms with Crippen LogP contribution < -0.4 is 15.9 Å². The Bertz CT molecular complexity index is 673. The summed E-state index contributed by atoms with van der Waals surface area (Å²) in [4.78, 5) is 12.5. The zero-order chi connectivity index (χ0) is 16.9. The molecule has 0 saturated heterocycles. The first-order chi connectivity index (χ1) is 11.7. The van der Waals surface area contributed by atoms with Crippen LogP contribution in [0.5, 0.6) is 0 Å². The third-order valence-corrected chi connectivity index (χ3v) is 9.40. The standard InChI is InChI=1S/C21H23O2P/c1-2-23-18-24(22,19-12-6-3-7-13-19,20-14-8-4-9-15-20)21-16-10-5-11-17-21/h3-17,22H,2,18H2,1H3. The van der Waals surface area contributed by atoms with Gasteiger partial charge in [-0.15, -0.1) is 0 Å². The molecule has 3 aromatic carbocycles. The molecule has 0 heterocycles. The predicted octanol–water partition coefficient (Wildman–Crippen LogP) is 3.42. The van der Waals surface area contributed by atoms with E-state index < -0.39 is 6.83 Å². The van der Waals surface area contributed by atoms with Gasteiger partial charge in [0, 0.05) is 0 Å². The molecule has 3 rings (SSSR count). The molecular weight excluding hydrogens is 315 g/mol. The average Bonchev–Trinajstić information content (AvgIpc) is 2.68. The molecule has 0 aliphatic rings. The first-order valence-corrected chi connectivity index (χ1v) is 10.6. The molecule has 0 bridgehead atoms. The molecule has 3 aromatic rings. The van der Waals surface area contributed by atoms with E-state index in [-0.39, 0.29) is 6.35 Å². The van der Waals surface area contributed by atoms with Crippen LogP contribution in [0, 0.1) is 0 Å². The maximum absolute atomic E-state index is 12.5. The summed E-state index contributed by atoms with van der Waals surface area (Å²) in [7, 11) is 0. The second-order valence-electron chi connectivity index (χ2n) is 5.88. The van der Waals surface area contributed by atoms with Crippen molar-refractivity contribution in [3.63, 3.8) is 0 Å². The van der Waals surface area contributed by atoms with E-state index in [9.17, 15) is 4.89 Å². The normalized spacial score (nSPS) is 13.2. The number of hydrogen-bond donors (Lipinski definition) is 1. The fourth-order valence-corrected chi connectivity index (χ4v) is 7.51. The van der Waals surface area contributed by atoms with E-state index in [1.54, 1.807) is 0 Å². The van der Waals surface area contributed by atoms with E-state index in [1.807, 2.05) is 97.9 Å². The van der Waals surface area contributed by atoms with Gasteiger partial charge in [0.2, 0.25) is 0 Å². The van der Waals surface area contributed by atoms with Gasteiger partial charge in [0.15, 0.2) is 0 Å². The molecule has 0 aliphatic heterocycles. The van der Waals surface area contributed by atoms with Gasteiger partial charge in [0.05, 0.1) is 0 Å². The van der Waals surface area contributed by atoms with Gasteiger partial charge in [-0.05, 0) is 0 Å². The van der Waals surface area contributed by atoms with Gasteiger partial charge >= 0.3 is 143 Å². The second kappa shape index (κ2) is 6.86. The van der Waals surface area contributed by atoms with Crippen molar-refractivity contribution in [2.75, 3.05) is 13.0 Å². The number of ether oxygens (including phenoxy) is 1. The first kappa shape index (κ1) is 16.9. The third-order valence-electron chi connectivity index (χ3n) is 4.48. The average molecular weight is 338 g/mol. The van der Waals surface area contributed by atoms with Crippen molar-refractivity contribution in [2.24, 2.45) is 0 Å². The number of hydrogen-bond acceptors (Lipinski definition) is 2. The minimum absolute atomic E-state index is 0.278. The van der Waals surface area contributed by atoms with Crippen LogP contribution in [0.2, 0.25) is 0 Å². The van der Waals surface area contributed by atoms with Crippen LogP contribution in [0.25, 0.3) is 0 Å². The van der Waals surface area contributed by atoms with Gasteiger partial charge in [-0.2, -0.15) is 0 Å². The first-order valence-electron chi connectivity index (χ1n) is 8.20. The SMILES string of the molecule is CCOCP(O)(c1ccccc1)(c1ccccc1)c1ccccc1. The molecule has 0 aromatic heterocycles. The Balaban J connectivity index is 2.37. The molecule has 0 spiro atoms. The second-order valence-corrected chi connectivity index (χ2v) is 10.2. The van der Waals surface area contributed by atoms with E-state index >= 15 is 0 Å². The zero-order valence-electron chi connectivity index (χ0n) is 13.9. The van der Waals surface area contributed by atoms with Crippen molar-refractivity contribution in [2.45, 2.75) is 6.92 Å². The summed E-state index contributed by atoms with van der Waals surface area (Å²) >= 11 is 0. The topological polar surface area (TPSA) is 29.5 Å². The van der Waals surface area contributed by atoms with Gasteiger partial charge in [-0.1, -0.05) is 0 Å². The Labute approximate surface area is 143 Å². The van der Waals surface area contributed by atoms with Gasteiger partial charge in [0.25, 0.3) is 0 Å². The van der Waals surface area contributed by atoms with Crippen molar-refractivity contribution in [3.8, 4) is 0 Å². The van der Waals surface area contributed by atoms with E-state index in [2.05, 4.69) is 0 Å². The summed E-state index contributed by atoms with van der Waals surface area (Å²) in [6.07, 6.45) is 0.278. The van der Waals surface area contributed by atoms with Crippen LogP contribution in [0.15, 0.2) is 91.0 Å². The third kappa shape index (κ3) is 2.67. The quantitative estimate of drug-likeness (QED) is 0.698. The van der Waals surface area contributed by atoms with Crippen LogP contribution in [0.3, 0.4) is 0 Å². The fraction of sp³-hybridized carbons (Fsp3) is 0.143. The summed E-state index contributed by atoms with van der Waals surface area (Å²) in [5.74, 6) is 0. The molecule has 0 unspecified atom stereocenters. The molecule has 0 aliphatic carbocycles.